The van der Waals surface area contributed by atoms with Gasteiger partial charge >= 0.3 is 0 Å². The quantitative estimate of drug-likeness (QED) is 0.894. The van der Waals surface area contributed by atoms with Crippen molar-refractivity contribution in [2.45, 2.75) is 59.0 Å². The Hall–Kier alpha value is -1.35. The summed E-state index contributed by atoms with van der Waals surface area (Å²) in [5.74, 6) is 1.17. The predicted molar refractivity (Wildman–Crippen MR) is 81.3 cm³/mol. The Labute approximate surface area is 115 Å². The summed E-state index contributed by atoms with van der Waals surface area (Å²) in [6.07, 6.45) is 3.02. The van der Waals surface area contributed by atoms with Crippen molar-refractivity contribution < 1.29 is 0 Å². The SMILES string of the molecule is CCCn1c(CCC(C)(C)N)nc2cc(C)ccc21. The summed E-state index contributed by atoms with van der Waals surface area (Å²) in [5, 5.41) is 0. The largest absolute Gasteiger partial charge is 0.328 e. The average molecular weight is 259 g/mol. The fraction of sp³-hybridized carbons (Fsp3) is 0.562. The zero-order valence-corrected chi connectivity index (χ0v) is 12.5. The van der Waals surface area contributed by atoms with Crippen molar-refractivity contribution in [3.8, 4) is 0 Å². The van der Waals surface area contributed by atoms with Crippen molar-refractivity contribution in [2.24, 2.45) is 5.73 Å². The Bertz CT molecular complexity index is 561. The molecule has 0 radical (unpaired) electrons. The molecule has 0 saturated heterocycles. The molecule has 0 aliphatic rings. The standard InChI is InChI=1S/C16H25N3/c1-5-10-19-14-7-6-12(2)11-13(14)18-15(19)8-9-16(3,4)17/h6-7,11H,5,8-10,17H2,1-4H3. The van der Waals surface area contributed by atoms with E-state index in [0.717, 1.165) is 31.3 Å². The third-order valence-corrected chi connectivity index (χ3v) is 3.42. The van der Waals surface area contributed by atoms with Gasteiger partial charge in [-0.15, -0.1) is 0 Å². The van der Waals surface area contributed by atoms with Crippen LogP contribution in [0.15, 0.2) is 18.2 Å². The number of imidazole rings is 1. The van der Waals surface area contributed by atoms with E-state index in [-0.39, 0.29) is 5.54 Å². The molecule has 0 saturated carbocycles. The van der Waals surface area contributed by atoms with Gasteiger partial charge in [0, 0.05) is 18.5 Å². The van der Waals surface area contributed by atoms with Crippen LogP contribution in [-0.4, -0.2) is 15.1 Å². The Morgan fingerprint density at radius 3 is 2.68 bits per heavy atom. The van der Waals surface area contributed by atoms with Crippen LogP contribution in [0.25, 0.3) is 11.0 Å². The number of benzene rings is 1. The summed E-state index contributed by atoms with van der Waals surface area (Å²) < 4.78 is 2.35. The van der Waals surface area contributed by atoms with E-state index < -0.39 is 0 Å². The molecule has 3 nitrogen and oxygen atoms in total. The minimum atomic E-state index is -0.134. The fourth-order valence-electron chi connectivity index (χ4n) is 2.39. The van der Waals surface area contributed by atoms with E-state index in [1.807, 2.05) is 0 Å². The molecule has 0 unspecified atom stereocenters. The average Bonchev–Trinajstić information content (AvgIpc) is 2.64. The van der Waals surface area contributed by atoms with Crippen LogP contribution in [0, 0.1) is 6.92 Å². The second kappa shape index (κ2) is 5.33. The summed E-state index contributed by atoms with van der Waals surface area (Å²) in [5.41, 5.74) is 9.58. The summed E-state index contributed by atoms with van der Waals surface area (Å²) >= 11 is 0. The first-order chi connectivity index (χ1) is 8.90. The molecule has 0 amide bonds. The van der Waals surface area contributed by atoms with Crippen LogP contribution in [0.3, 0.4) is 0 Å². The first-order valence-electron chi connectivity index (χ1n) is 7.15. The van der Waals surface area contributed by atoms with E-state index in [1.54, 1.807) is 0 Å². The highest BCUT2D eigenvalue weighted by molar-refractivity contribution is 5.76. The highest BCUT2D eigenvalue weighted by Crippen LogP contribution is 2.20. The van der Waals surface area contributed by atoms with E-state index in [2.05, 4.69) is 50.5 Å². The minimum Gasteiger partial charge on any atom is -0.328 e. The molecule has 0 atom stereocenters. The van der Waals surface area contributed by atoms with Crippen molar-refractivity contribution in [1.29, 1.82) is 0 Å². The van der Waals surface area contributed by atoms with Crippen LogP contribution in [0.4, 0.5) is 0 Å². The lowest BCUT2D eigenvalue weighted by Gasteiger charge is -2.18. The molecule has 2 N–H and O–H groups in total. The number of aromatic nitrogens is 2. The molecule has 2 rings (SSSR count). The lowest BCUT2D eigenvalue weighted by atomic mass is 10.00. The van der Waals surface area contributed by atoms with Crippen LogP contribution >= 0.6 is 0 Å². The molecule has 2 aromatic rings. The highest BCUT2D eigenvalue weighted by atomic mass is 15.1. The molecule has 19 heavy (non-hydrogen) atoms. The number of nitrogens with zero attached hydrogens (tertiary/aromatic N) is 2. The molecule has 0 bridgehead atoms. The molecule has 0 aliphatic carbocycles. The number of rotatable bonds is 5. The number of hydrogen-bond donors (Lipinski definition) is 1. The Balaban J connectivity index is 2.38. The van der Waals surface area contributed by atoms with Crippen LogP contribution < -0.4 is 5.73 Å². The molecule has 0 aliphatic heterocycles. The van der Waals surface area contributed by atoms with E-state index >= 15 is 0 Å². The maximum absolute atomic E-state index is 6.09. The molecule has 0 fully saturated rings. The third-order valence-electron chi connectivity index (χ3n) is 3.42. The zero-order valence-electron chi connectivity index (χ0n) is 12.5. The van der Waals surface area contributed by atoms with Gasteiger partial charge in [-0.25, -0.2) is 4.98 Å². The summed E-state index contributed by atoms with van der Waals surface area (Å²) in [6, 6.07) is 6.51. The first-order valence-corrected chi connectivity index (χ1v) is 7.15. The van der Waals surface area contributed by atoms with E-state index in [0.29, 0.717) is 0 Å². The molecular formula is C16H25N3. The van der Waals surface area contributed by atoms with Gasteiger partial charge in [-0.3, -0.25) is 0 Å². The topological polar surface area (TPSA) is 43.8 Å². The number of fused-ring (bicyclic) bond motifs is 1. The van der Waals surface area contributed by atoms with Crippen LogP contribution in [-0.2, 0) is 13.0 Å². The van der Waals surface area contributed by atoms with Gasteiger partial charge in [0.25, 0.3) is 0 Å². The van der Waals surface area contributed by atoms with Gasteiger partial charge in [-0.05, 0) is 51.3 Å². The highest BCUT2D eigenvalue weighted by Gasteiger charge is 2.15. The normalized spacial score (nSPS) is 12.3. The summed E-state index contributed by atoms with van der Waals surface area (Å²) in [7, 11) is 0. The molecule has 1 heterocycles. The molecular weight excluding hydrogens is 234 g/mol. The smallest absolute Gasteiger partial charge is 0.109 e. The minimum absolute atomic E-state index is 0.134. The zero-order chi connectivity index (χ0) is 14.0. The lowest BCUT2D eigenvalue weighted by molar-refractivity contribution is 0.464. The van der Waals surface area contributed by atoms with Crippen molar-refractivity contribution in [2.75, 3.05) is 0 Å². The van der Waals surface area contributed by atoms with E-state index in [9.17, 15) is 0 Å². The van der Waals surface area contributed by atoms with Crippen LogP contribution in [0.5, 0.6) is 0 Å². The summed E-state index contributed by atoms with van der Waals surface area (Å²) in [4.78, 5) is 4.80. The maximum atomic E-state index is 6.09. The molecule has 0 spiro atoms. The monoisotopic (exact) mass is 259 g/mol. The Morgan fingerprint density at radius 1 is 1.32 bits per heavy atom. The van der Waals surface area contributed by atoms with E-state index in [1.165, 1.54) is 16.9 Å². The van der Waals surface area contributed by atoms with Crippen LogP contribution in [0.2, 0.25) is 0 Å². The lowest BCUT2D eigenvalue weighted by Crippen LogP contribution is -2.32. The second-order valence-electron chi connectivity index (χ2n) is 6.16. The van der Waals surface area contributed by atoms with Crippen molar-refractivity contribution in [1.82, 2.24) is 9.55 Å². The molecule has 1 aromatic heterocycles. The van der Waals surface area contributed by atoms with E-state index in [4.69, 9.17) is 10.7 Å². The van der Waals surface area contributed by atoms with Gasteiger partial charge in [0.05, 0.1) is 11.0 Å². The Morgan fingerprint density at radius 2 is 2.05 bits per heavy atom. The second-order valence-corrected chi connectivity index (χ2v) is 6.16. The predicted octanol–water partition coefficient (Wildman–Crippen LogP) is 3.42. The van der Waals surface area contributed by atoms with Gasteiger partial charge in [0.15, 0.2) is 0 Å². The molecule has 1 aromatic carbocycles. The molecule has 3 heteroatoms. The van der Waals surface area contributed by atoms with Gasteiger partial charge in [0.1, 0.15) is 5.82 Å². The first kappa shape index (κ1) is 14.1. The Kier molecular flexibility index (Phi) is 3.95. The van der Waals surface area contributed by atoms with Gasteiger partial charge in [-0.2, -0.15) is 0 Å². The molecule has 104 valence electrons. The number of nitrogens with two attached hydrogens (primary N) is 1. The van der Waals surface area contributed by atoms with Gasteiger partial charge in [0.2, 0.25) is 0 Å². The number of hydrogen-bond acceptors (Lipinski definition) is 2. The van der Waals surface area contributed by atoms with Crippen molar-refractivity contribution in [3.05, 3.63) is 29.6 Å². The summed E-state index contributed by atoms with van der Waals surface area (Å²) in [6.45, 7) is 9.49. The fourth-order valence-corrected chi connectivity index (χ4v) is 2.39. The van der Waals surface area contributed by atoms with Gasteiger partial charge < -0.3 is 10.3 Å². The third kappa shape index (κ3) is 3.35. The van der Waals surface area contributed by atoms with Crippen LogP contribution in [0.1, 0.15) is 45.0 Å². The van der Waals surface area contributed by atoms with Crippen molar-refractivity contribution >= 4 is 11.0 Å². The maximum Gasteiger partial charge on any atom is 0.109 e. The van der Waals surface area contributed by atoms with Crippen molar-refractivity contribution in [3.63, 3.8) is 0 Å². The van der Waals surface area contributed by atoms with Gasteiger partial charge in [-0.1, -0.05) is 13.0 Å². The number of aryl methyl sites for hydroxylation is 3.